The van der Waals surface area contributed by atoms with Gasteiger partial charge in [-0.3, -0.25) is 9.98 Å². The van der Waals surface area contributed by atoms with Crippen molar-refractivity contribution in [1.82, 2.24) is 0 Å². The van der Waals surface area contributed by atoms with E-state index in [0.717, 1.165) is 0 Å². The maximum atomic E-state index is 4.24. The Balaban J connectivity index is -0.000000411. The van der Waals surface area contributed by atoms with Crippen LogP contribution in [-0.4, -0.2) is 47.0 Å². The summed E-state index contributed by atoms with van der Waals surface area (Å²) in [5.41, 5.74) is 7.83. The van der Waals surface area contributed by atoms with E-state index in [1.54, 1.807) is 24.9 Å². The molecule has 0 aliphatic heterocycles. The van der Waals surface area contributed by atoms with Crippen LogP contribution in [0, 0.1) is 0 Å². The second kappa shape index (κ2) is 13.1. The molecular formula is C20H40FeN6. The van der Waals surface area contributed by atoms with Gasteiger partial charge in [0.25, 0.3) is 0 Å². The zero-order valence-corrected chi connectivity index (χ0v) is 20.5. The van der Waals surface area contributed by atoms with Crippen molar-refractivity contribution >= 4 is 24.9 Å². The van der Waals surface area contributed by atoms with E-state index in [9.17, 15) is 0 Å². The van der Waals surface area contributed by atoms with E-state index in [4.69, 9.17) is 0 Å². The number of nitrogens with zero attached hydrogens (tertiary/aromatic N) is 6. The predicted molar refractivity (Wildman–Crippen MR) is 120 cm³/mol. The molecule has 0 unspecified atom stereocenters. The Bertz CT molecular complexity index is 435. The van der Waals surface area contributed by atoms with Gasteiger partial charge in [-0.1, -0.05) is 41.5 Å². The topological polar surface area (TPSA) is 77.6 Å². The molecule has 158 valence electrons. The van der Waals surface area contributed by atoms with Crippen LogP contribution in [0.5, 0.6) is 0 Å². The molecule has 0 N–H and O–H groups in total. The zero-order chi connectivity index (χ0) is 21.1. The van der Waals surface area contributed by atoms with Gasteiger partial charge < -0.3 is 21.1 Å². The van der Waals surface area contributed by atoms with Crippen LogP contribution in [0.25, 0.3) is 10.9 Å². The van der Waals surface area contributed by atoms with Gasteiger partial charge in [0, 0.05) is 24.9 Å². The fourth-order valence-electron chi connectivity index (χ4n) is 0.987. The van der Waals surface area contributed by atoms with Gasteiger partial charge in [-0.2, -0.15) is 0 Å². The summed E-state index contributed by atoms with van der Waals surface area (Å²) in [4.78, 5) is 8.48. The van der Waals surface area contributed by atoms with E-state index in [0.29, 0.717) is 0 Å². The van der Waals surface area contributed by atoms with E-state index in [2.05, 4.69) is 31.0 Å². The van der Waals surface area contributed by atoms with E-state index >= 15 is 0 Å². The molecule has 0 aliphatic rings. The third-order valence-corrected chi connectivity index (χ3v) is 1.91. The molecule has 0 aromatic heterocycles. The summed E-state index contributed by atoms with van der Waals surface area (Å²) >= 11 is 0. The van der Waals surface area contributed by atoms with Crippen molar-refractivity contribution < 1.29 is 17.1 Å². The summed E-state index contributed by atoms with van der Waals surface area (Å²) in [6.07, 6.45) is 6.62. The van der Waals surface area contributed by atoms with Crippen molar-refractivity contribution in [1.29, 1.82) is 0 Å². The zero-order valence-electron chi connectivity index (χ0n) is 19.3. The molecule has 6 nitrogen and oxygen atoms in total. The van der Waals surface area contributed by atoms with Crippen molar-refractivity contribution in [3.63, 3.8) is 0 Å². The SMILES string of the molecule is CC(C)(C)N=CC=N[N-]C(C)(C)C.CC(C)(C)N=CC=N[N-]C(C)(C)C.[Fe+2]. The second-order valence-electron chi connectivity index (χ2n) is 9.97. The minimum Gasteiger partial charge on any atom is -0.597 e. The summed E-state index contributed by atoms with van der Waals surface area (Å²) in [5.74, 6) is 0. The Kier molecular flexibility index (Phi) is 14.8. The van der Waals surface area contributed by atoms with Crippen LogP contribution in [0.3, 0.4) is 0 Å². The van der Waals surface area contributed by atoms with Gasteiger partial charge in [0.05, 0.1) is 11.1 Å². The average Bonchev–Trinajstić information content (AvgIpc) is 2.33. The van der Waals surface area contributed by atoms with Crippen molar-refractivity contribution in [2.24, 2.45) is 20.2 Å². The van der Waals surface area contributed by atoms with Crippen LogP contribution in [-0.2, 0) is 17.1 Å². The third-order valence-electron chi connectivity index (χ3n) is 1.91. The molecule has 0 aromatic rings. The number of aliphatic imine (C=N–C) groups is 2. The molecule has 0 fully saturated rings. The molecule has 0 spiro atoms. The first-order valence-electron chi connectivity index (χ1n) is 8.99. The normalized spacial score (nSPS) is 13.8. The number of rotatable bonds is 4. The summed E-state index contributed by atoms with van der Waals surface area (Å²) < 4.78 is 0. The van der Waals surface area contributed by atoms with Gasteiger partial charge in [-0.25, -0.2) is 0 Å². The monoisotopic (exact) mass is 420 g/mol. The fraction of sp³-hybridized carbons (Fsp3) is 0.800. The summed E-state index contributed by atoms with van der Waals surface area (Å²) in [6.45, 7) is 24.3. The Morgan fingerprint density at radius 1 is 0.481 bits per heavy atom. The maximum absolute atomic E-state index is 4.24. The van der Waals surface area contributed by atoms with Gasteiger partial charge >= 0.3 is 17.1 Å². The minimum atomic E-state index is -0.105. The predicted octanol–water partition coefficient (Wildman–Crippen LogP) is 6.02. The minimum absolute atomic E-state index is 0. The van der Waals surface area contributed by atoms with Gasteiger partial charge in [-0.15, -0.1) is 11.1 Å². The van der Waals surface area contributed by atoms with Crippen molar-refractivity contribution in [2.75, 3.05) is 0 Å². The molecule has 0 rings (SSSR count). The molecule has 0 aromatic carbocycles. The van der Waals surface area contributed by atoms with Crippen molar-refractivity contribution in [2.45, 2.75) is 105 Å². The molecule has 0 aliphatic carbocycles. The second-order valence-corrected chi connectivity index (χ2v) is 9.97. The summed E-state index contributed by atoms with van der Waals surface area (Å²) in [7, 11) is 0. The Labute approximate surface area is 178 Å². The van der Waals surface area contributed by atoms with E-state index in [-0.39, 0.29) is 39.2 Å². The molecule has 0 heterocycles. The van der Waals surface area contributed by atoms with E-state index < -0.39 is 0 Å². The molecule has 0 radical (unpaired) electrons. The van der Waals surface area contributed by atoms with Crippen molar-refractivity contribution in [3.05, 3.63) is 10.9 Å². The summed E-state index contributed by atoms with van der Waals surface area (Å²) in [5, 5.41) is 7.79. The maximum Gasteiger partial charge on any atom is 2.00 e. The molecule has 0 amide bonds. The number of hydrogen-bond acceptors (Lipinski definition) is 4. The van der Waals surface area contributed by atoms with Gasteiger partial charge in [-0.05, 0) is 41.5 Å². The smallest absolute Gasteiger partial charge is 0.597 e. The van der Waals surface area contributed by atoms with Gasteiger partial charge in [0.2, 0.25) is 0 Å². The van der Waals surface area contributed by atoms with E-state index in [1.165, 1.54) is 0 Å². The van der Waals surface area contributed by atoms with Crippen LogP contribution in [0.15, 0.2) is 20.2 Å². The van der Waals surface area contributed by atoms with Crippen LogP contribution < -0.4 is 0 Å². The Morgan fingerprint density at radius 3 is 0.926 bits per heavy atom. The van der Waals surface area contributed by atoms with Crippen molar-refractivity contribution in [3.8, 4) is 0 Å². The molecule has 0 saturated carbocycles. The molecule has 7 heteroatoms. The summed E-state index contributed by atoms with van der Waals surface area (Å²) in [6, 6.07) is 0. The number of hydrogen-bond donors (Lipinski definition) is 0. The first kappa shape index (κ1) is 30.5. The fourth-order valence-corrected chi connectivity index (χ4v) is 0.987. The molecular weight excluding hydrogens is 380 g/mol. The van der Waals surface area contributed by atoms with E-state index in [1.807, 2.05) is 83.1 Å². The quantitative estimate of drug-likeness (QED) is 0.303. The van der Waals surface area contributed by atoms with Crippen LogP contribution in [0.4, 0.5) is 0 Å². The molecule has 0 atom stereocenters. The van der Waals surface area contributed by atoms with Crippen LogP contribution in [0.2, 0.25) is 0 Å². The Hall–Kier alpha value is -1.20. The third kappa shape index (κ3) is 36.5. The standard InChI is InChI=1S/2C10H20N3.Fe/c2*1-9(2,3)11-7-8-12-13-10(4,5)6;/h2*7-8H,1-6H3;/q2*-1;+2. The largest absolute Gasteiger partial charge is 2.00 e. The Morgan fingerprint density at radius 2 is 0.741 bits per heavy atom. The van der Waals surface area contributed by atoms with Crippen LogP contribution in [0.1, 0.15) is 83.1 Å². The van der Waals surface area contributed by atoms with Gasteiger partial charge in [0.1, 0.15) is 0 Å². The van der Waals surface area contributed by atoms with Gasteiger partial charge in [0.15, 0.2) is 0 Å². The first-order chi connectivity index (χ1) is 11.4. The average molecular weight is 420 g/mol. The molecule has 0 saturated heterocycles. The molecule has 0 bridgehead atoms. The molecule has 27 heavy (non-hydrogen) atoms. The van der Waals surface area contributed by atoms with Crippen LogP contribution >= 0.6 is 0 Å². The first-order valence-corrected chi connectivity index (χ1v) is 8.99.